The van der Waals surface area contributed by atoms with Crippen LogP contribution in [-0.4, -0.2) is 32.7 Å². The quantitative estimate of drug-likeness (QED) is 0.577. The normalized spacial score (nSPS) is 14.1. The van der Waals surface area contributed by atoms with E-state index in [0.717, 1.165) is 42.8 Å². The highest BCUT2D eigenvalue weighted by Gasteiger charge is 2.29. The Balaban J connectivity index is 1.84. The van der Waals surface area contributed by atoms with Crippen LogP contribution in [-0.2, 0) is 22.8 Å². The number of halogens is 2. The smallest absolute Gasteiger partial charge is 0.341 e. The van der Waals surface area contributed by atoms with Crippen LogP contribution in [0.2, 0.25) is 0 Å². The molecule has 0 fully saturated rings. The maximum atomic E-state index is 12.7. The predicted molar refractivity (Wildman–Crippen MR) is 102 cm³/mol. The van der Waals surface area contributed by atoms with Gasteiger partial charge in [0.25, 0.3) is 5.69 Å². The van der Waals surface area contributed by atoms with Gasteiger partial charge < -0.3 is 10.2 Å². The second-order valence-corrected chi connectivity index (χ2v) is 8.50. The van der Waals surface area contributed by atoms with Crippen molar-refractivity contribution in [1.82, 2.24) is 0 Å². The molecule has 3 rings (SSSR count). The van der Waals surface area contributed by atoms with E-state index >= 15 is 0 Å². The Morgan fingerprint density at radius 1 is 1.25 bits per heavy atom. The number of benzene rings is 2. The molecule has 0 radical (unpaired) electrons. The van der Waals surface area contributed by atoms with Gasteiger partial charge in [0.05, 0.1) is 9.82 Å². The number of nitro benzene ring substituents is 1. The predicted octanol–water partition coefficient (Wildman–Crippen LogP) is 3.59. The van der Waals surface area contributed by atoms with Crippen LogP contribution in [0.5, 0.6) is 0 Å². The number of nitrogens with one attached hydrogen (secondary N) is 1. The van der Waals surface area contributed by atoms with Gasteiger partial charge in [-0.15, -0.1) is 0 Å². The first-order valence-electron chi connectivity index (χ1n) is 8.57. The van der Waals surface area contributed by atoms with Gasteiger partial charge in [0, 0.05) is 31.9 Å². The van der Waals surface area contributed by atoms with Crippen molar-refractivity contribution in [2.24, 2.45) is 0 Å². The van der Waals surface area contributed by atoms with E-state index in [4.69, 9.17) is 0 Å². The Morgan fingerprint density at radius 3 is 2.68 bits per heavy atom. The number of aryl methyl sites for hydroxylation is 1. The summed E-state index contributed by atoms with van der Waals surface area (Å²) in [6.45, 7) is 1.27. The first-order valence-corrected chi connectivity index (χ1v) is 10.1. The molecule has 1 N–H and O–H groups in total. The Hall–Kier alpha value is -2.75. The van der Waals surface area contributed by atoms with E-state index in [1.54, 1.807) is 0 Å². The number of alkyl halides is 2. The van der Waals surface area contributed by atoms with E-state index in [2.05, 4.69) is 10.2 Å². The molecular weight excluding hydrogens is 392 g/mol. The molecule has 0 aromatic heterocycles. The first kappa shape index (κ1) is 20.0. The van der Waals surface area contributed by atoms with Crippen molar-refractivity contribution in [2.45, 2.75) is 30.0 Å². The van der Waals surface area contributed by atoms with Crippen molar-refractivity contribution < 1.29 is 22.1 Å². The zero-order valence-electron chi connectivity index (χ0n) is 15.1. The van der Waals surface area contributed by atoms with E-state index < -0.39 is 31.1 Å². The van der Waals surface area contributed by atoms with Crippen molar-refractivity contribution in [3.05, 3.63) is 57.6 Å². The van der Waals surface area contributed by atoms with E-state index in [0.29, 0.717) is 6.07 Å². The van der Waals surface area contributed by atoms with Crippen molar-refractivity contribution in [1.29, 1.82) is 0 Å². The minimum absolute atomic E-state index is 0.0630. The van der Waals surface area contributed by atoms with E-state index in [-0.39, 0.29) is 12.2 Å². The summed E-state index contributed by atoms with van der Waals surface area (Å²) in [7, 11) is -2.88. The number of fused-ring (bicyclic) bond motifs is 1. The van der Waals surface area contributed by atoms with Gasteiger partial charge in [-0.05, 0) is 42.2 Å². The van der Waals surface area contributed by atoms with E-state index in [1.165, 1.54) is 5.56 Å². The van der Waals surface area contributed by atoms with Gasteiger partial charge in [-0.3, -0.25) is 10.1 Å². The number of sulfone groups is 1. The van der Waals surface area contributed by atoms with Gasteiger partial charge in [0.2, 0.25) is 9.84 Å². The molecule has 0 aliphatic carbocycles. The topological polar surface area (TPSA) is 92.6 Å². The number of nitrogens with zero attached hydrogens (tertiary/aromatic N) is 2. The summed E-state index contributed by atoms with van der Waals surface area (Å²) in [6.07, 6.45) is 2.00. The molecule has 0 saturated carbocycles. The zero-order valence-corrected chi connectivity index (χ0v) is 15.9. The summed E-state index contributed by atoms with van der Waals surface area (Å²) in [5, 5.41) is 14.2. The molecule has 2 aromatic carbocycles. The molecule has 150 valence electrons. The highest BCUT2D eigenvalue weighted by atomic mass is 32.2. The minimum Gasteiger partial charge on any atom is -0.375 e. The van der Waals surface area contributed by atoms with Crippen LogP contribution in [0.1, 0.15) is 17.5 Å². The third kappa shape index (κ3) is 3.91. The minimum atomic E-state index is -4.90. The SMILES string of the molecule is CN1CCCc2cc(CNc3ccc(S(=O)(=O)C(F)F)cc3[N+](=O)[O-])ccc21. The highest BCUT2D eigenvalue weighted by Crippen LogP contribution is 2.31. The lowest BCUT2D eigenvalue weighted by atomic mass is 9.99. The van der Waals surface area contributed by atoms with Crippen molar-refractivity contribution in [2.75, 3.05) is 23.8 Å². The molecule has 1 heterocycles. The highest BCUT2D eigenvalue weighted by molar-refractivity contribution is 7.91. The summed E-state index contributed by atoms with van der Waals surface area (Å²) < 4.78 is 48.5. The fraction of sp³-hybridized carbons (Fsp3) is 0.333. The maximum Gasteiger partial charge on any atom is 0.341 e. The first-order chi connectivity index (χ1) is 13.2. The summed E-state index contributed by atoms with van der Waals surface area (Å²) >= 11 is 0. The standard InChI is InChI=1S/C18H19F2N3O4S/c1-22-8-2-3-13-9-12(4-7-16(13)22)11-21-15-6-5-14(10-17(15)23(24)25)28(26,27)18(19)20/h4-7,9-10,18,21H,2-3,8,11H2,1H3. The monoisotopic (exact) mass is 411 g/mol. The number of anilines is 2. The number of nitro groups is 1. The summed E-state index contributed by atoms with van der Waals surface area (Å²) in [5.74, 6) is -3.64. The summed E-state index contributed by atoms with van der Waals surface area (Å²) in [4.78, 5) is 11.9. The zero-order chi connectivity index (χ0) is 20.5. The number of hydrogen-bond donors (Lipinski definition) is 1. The molecular formula is C18H19F2N3O4S. The van der Waals surface area contributed by atoms with Gasteiger partial charge in [0.15, 0.2) is 0 Å². The lowest BCUT2D eigenvalue weighted by Crippen LogP contribution is -2.24. The second kappa shape index (κ2) is 7.70. The lowest BCUT2D eigenvalue weighted by molar-refractivity contribution is -0.384. The third-order valence-corrected chi connectivity index (χ3v) is 6.09. The fourth-order valence-corrected chi connectivity index (χ4v) is 3.98. The van der Waals surface area contributed by atoms with E-state index in [1.807, 2.05) is 25.2 Å². The average Bonchev–Trinajstić information content (AvgIpc) is 2.66. The fourth-order valence-electron chi connectivity index (χ4n) is 3.24. The summed E-state index contributed by atoms with van der Waals surface area (Å²) in [6, 6.07) is 8.68. The Bertz CT molecular complexity index is 1010. The van der Waals surface area contributed by atoms with Crippen LogP contribution in [0.3, 0.4) is 0 Å². The maximum absolute atomic E-state index is 12.7. The third-order valence-electron chi connectivity index (χ3n) is 4.71. The molecule has 28 heavy (non-hydrogen) atoms. The van der Waals surface area contributed by atoms with Crippen LogP contribution in [0, 0.1) is 10.1 Å². The van der Waals surface area contributed by atoms with Crippen molar-refractivity contribution >= 4 is 26.9 Å². The molecule has 0 bridgehead atoms. The van der Waals surface area contributed by atoms with Crippen LogP contribution in [0.4, 0.5) is 25.8 Å². The number of hydrogen-bond acceptors (Lipinski definition) is 6. The average molecular weight is 411 g/mol. The number of rotatable bonds is 6. The summed E-state index contributed by atoms with van der Waals surface area (Å²) in [5.41, 5.74) is 2.75. The Morgan fingerprint density at radius 2 is 2.00 bits per heavy atom. The van der Waals surface area contributed by atoms with Gasteiger partial charge in [-0.2, -0.15) is 8.78 Å². The molecule has 0 unspecified atom stereocenters. The molecule has 1 aliphatic heterocycles. The molecule has 0 atom stereocenters. The molecule has 0 spiro atoms. The second-order valence-electron chi connectivity index (χ2n) is 6.58. The molecule has 2 aromatic rings. The van der Waals surface area contributed by atoms with Crippen molar-refractivity contribution in [3.8, 4) is 0 Å². The van der Waals surface area contributed by atoms with Crippen LogP contribution < -0.4 is 10.2 Å². The largest absolute Gasteiger partial charge is 0.375 e. The lowest BCUT2D eigenvalue weighted by Gasteiger charge is -2.27. The van der Waals surface area contributed by atoms with Crippen LogP contribution in [0.25, 0.3) is 0 Å². The van der Waals surface area contributed by atoms with Gasteiger partial charge >= 0.3 is 5.76 Å². The van der Waals surface area contributed by atoms with Gasteiger partial charge in [0.1, 0.15) is 5.69 Å². The Labute approximate surface area is 161 Å². The van der Waals surface area contributed by atoms with Gasteiger partial charge in [-0.1, -0.05) is 12.1 Å². The van der Waals surface area contributed by atoms with Gasteiger partial charge in [-0.25, -0.2) is 8.42 Å². The molecule has 0 amide bonds. The molecule has 10 heteroatoms. The molecule has 7 nitrogen and oxygen atoms in total. The Kier molecular flexibility index (Phi) is 5.50. The van der Waals surface area contributed by atoms with Crippen LogP contribution in [0.15, 0.2) is 41.3 Å². The molecule has 0 saturated heterocycles. The van der Waals surface area contributed by atoms with Crippen LogP contribution >= 0.6 is 0 Å². The van der Waals surface area contributed by atoms with E-state index in [9.17, 15) is 27.3 Å². The van der Waals surface area contributed by atoms with Crippen molar-refractivity contribution in [3.63, 3.8) is 0 Å². The molecule has 1 aliphatic rings.